The number of esters is 2. The average Bonchev–Trinajstić information content (AvgIpc) is 3.23. The zero-order valence-electron chi connectivity index (χ0n) is 38.0. The average molecular weight is 809 g/mol. The third-order valence-corrected chi connectivity index (χ3v) is 10.5. The van der Waals surface area contributed by atoms with E-state index in [0.717, 1.165) is 70.6 Å². The normalized spacial score (nSPS) is 12.8. The molecule has 5 heteroatoms. The van der Waals surface area contributed by atoms with Crippen LogP contribution in [0.25, 0.3) is 0 Å². The van der Waals surface area contributed by atoms with Crippen molar-refractivity contribution in [2.45, 2.75) is 238 Å². The molecule has 1 N–H and O–H groups in total. The number of rotatable bonds is 44. The number of unbranched alkanes of at least 4 members (excludes halogenated alkanes) is 24. The SMILES string of the molecule is CC/C=C\C/C=C\C/C=C\C/C=C\CCCCCCCCCCCCCCC(=O)OC(CO)COC(=O)CCCCCCCCCCC/C=C\C/C=C\CCCCC. The van der Waals surface area contributed by atoms with E-state index in [-0.39, 0.29) is 25.2 Å². The van der Waals surface area contributed by atoms with E-state index in [1.165, 1.54) is 135 Å². The molecule has 0 aromatic carbocycles. The summed E-state index contributed by atoms with van der Waals surface area (Å²) in [6.45, 7) is 4.01. The standard InChI is InChI=1S/C53H92O5/c1-3-5-7-9-11-13-15-17-19-21-23-24-25-26-27-28-30-32-34-36-38-40-42-44-46-48-53(56)58-51(49-54)50-57-52(55)47-45-43-41-39-37-35-33-31-29-22-20-18-16-14-12-10-8-6-4-2/h5,7,11-14,17-20,23-24,51,54H,3-4,6,8-10,15-16,21-22,25-50H2,1-2H3/b7-5-,13-11-,14-12-,19-17-,20-18-,24-23-. The number of hydrogen-bond acceptors (Lipinski definition) is 5. The summed E-state index contributed by atoms with van der Waals surface area (Å²) in [7, 11) is 0. The van der Waals surface area contributed by atoms with Crippen molar-refractivity contribution in [3.8, 4) is 0 Å². The summed E-state index contributed by atoms with van der Waals surface area (Å²) < 4.78 is 10.7. The third-order valence-electron chi connectivity index (χ3n) is 10.5. The van der Waals surface area contributed by atoms with Crippen molar-refractivity contribution < 1.29 is 24.2 Å². The number of carbonyl (C=O) groups is 2. The molecular formula is C53H92O5. The van der Waals surface area contributed by atoms with Crippen LogP contribution in [0, 0.1) is 0 Å². The first-order chi connectivity index (χ1) is 28.6. The molecule has 0 radical (unpaired) electrons. The van der Waals surface area contributed by atoms with Gasteiger partial charge in [0.05, 0.1) is 6.61 Å². The van der Waals surface area contributed by atoms with Crippen molar-refractivity contribution in [2.75, 3.05) is 13.2 Å². The van der Waals surface area contributed by atoms with Crippen molar-refractivity contribution in [1.29, 1.82) is 0 Å². The fourth-order valence-electron chi connectivity index (χ4n) is 6.81. The van der Waals surface area contributed by atoms with Crippen LogP contribution in [0.1, 0.15) is 232 Å². The molecule has 58 heavy (non-hydrogen) atoms. The van der Waals surface area contributed by atoms with Crippen LogP contribution in [0.3, 0.4) is 0 Å². The molecule has 0 saturated carbocycles. The van der Waals surface area contributed by atoms with Crippen molar-refractivity contribution in [3.05, 3.63) is 72.9 Å². The van der Waals surface area contributed by atoms with E-state index in [1.54, 1.807) is 0 Å². The molecule has 0 rings (SSSR count). The van der Waals surface area contributed by atoms with Crippen LogP contribution in [0.5, 0.6) is 0 Å². The Balaban J connectivity index is 3.52. The Kier molecular flexibility index (Phi) is 46.5. The van der Waals surface area contributed by atoms with Gasteiger partial charge in [-0.2, -0.15) is 0 Å². The van der Waals surface area contributed by atoms with Crippen LogP contribution in [-0.4, -0.2) is 36.4 Å². The molecule has 1 atom stereocenters. The van der Waals surface area contributed by atoms with Crippen LogP contribution < -0.4 is 0 Å². The Labute approximate surface area is 359 Å². The van der Waals surface area contributed by atoms with Crippen LogP contribution in [0.15, 0.2) is 72.9 Å². The summed E-state index contributed by atoms with van der Waals surface area (Å²) in [5.74, 6) is -0.595. The van der Waals surface area contributed by atoms with Gasteiger partial charge in [0.1, 0.15) is 6.61 Å². The Morgan fingerprint density at radius 2 is 0.741 bits per heavy atom. The number of carbonyl (C=O) groups excluding carboxylic acids is 2. The minimum atomic E-state index is -0.778. The first-order valence-electron chi connectivity index (χ1n) is 24.5. The minimum absolute atomic E-state index is 0.0704. The lowest BCUT2D eigenvalue weighted by molar-refractivity contribution is -0.161. The van der Waals surface area contributed by atoms with Crippen molar-refractivity contribution in [1.82, 2.24) is 0 Å². The number of aliphatic hydroxyl groups excluding tert-OH is 1. The van der Waals surface area contributed by atoms with Crippen LogP contribution >= 0.6 is 0 Å². The number of ether oxygens (including phenoxy) is 2. The van der Waals surface area contributed by atoms with Gasteiger partial charge >= 0.3 is 11.9 Å². The lowest BCUT2D eigenvalue weighted by atomic mass is 10.0. The minimum Gasteiger partial charge on any atom is -0.462 e. The second kappa shape index (κ2) is 48.7. The van der Waals surface area contributed by atoms with Gasteiger partial charge in [0, 0.05) is 12.8 Å². The molecular weight excluding hydrogens is 717 g/mol. The molecule has 334 valence electrons. The zero-order valence-corrected chi connectivity index (χ0v) is 38.0. The van der Waals surface area contributed by atoms with E-state index >= 15 is 0 Å². The molecule has 0 spiro atoms. The second-order valence-corrected chi connectivity index (χ2v) is 16.2. The quantitative estimate of drug-likeness (QED) is 0.0377. The molecule has 0 aliphatic rings. The summed E-state index contributed by atoms with van der Waals surface area (Å²) in [6, 6.07) is 0. The van der Waals surface area contributed by atoms with Gasteiger partial charge in [-0.15, -0.1) is 0 Å². The van der Waals surface area contributed by atoms with Gasteiger partial charge in [-0.05, 0) is 83.5 Å². The lowest BCUT2D eigenvalue weighted by Gasteiger charge is -2.15. The van der Waals surface area contributed by atoms with Crippen molar-refractivity contribution in [3.63, 3.8) is 0 Å². The lowest BCUT2D eigenvalue weighted by Crippen LogP contribution is -2.28. The van der Waals surface area contributed by atoms with Gasteiger partial charge in [-0.25, -0.2) is 0 Å². The van der Waals surface area contributed by atoms with Gasteiger partial charge < -0.3 is 14.6 Å². The predicted molar refractivity (Wildman–Crippen MR) is 251 cm³/mol. The molecule has 0 aliphatic carbocycles. The number of hydrogen-bond donors (Lipinski definition) is 1. The van der Waals surface area contributed by atoms with Gasteiger partial charge in [-0.1, -0.05) is 209 Å². The first-order valence-corrected chi connectivity index (χ1v) is 24.5. The van der Waals surface area contributed by atoms with Crippen molar-refractivity contribution >= 4 is 11.9 Å². The zero-order chi connectivity index (χ0) is 42.1. The predicted octanol–water partition coefficient (Wildman–Crippen LogP) is 16.1. The molecule has 0 amide bonds. The van der Waals surface area contributed by atoms with Gasteiger partial charge in [0.15, 0.2) is 6.10 Å². The molecule has 5 nitrogen and oxygen atoms in total. The molecule has 0 aromatic heterocycles. The summed E-state index contributed by atoms with van der Waals surface area (Å²) >= 11 is 0. The van der Waals surface area contributed by atoms with E-state index in [2.05, 4.69) is 86.8 Å². The highest BCUT2D eigenvalue weighted by molar-refractivity contribution is 5.70. The maximum Gasteiger partial charge on any atom is 0.306 e. The highest BCUT2D eigenvalue weighted by Crippen LogP contribution is 2.15. The number of allylic oxidation sites excluding steroid dienone is 12. The Morgan fingerprint density at radius 1 is 0.414 bits per heavy atom. The van der Waals surface area contributed by atoms with Crippen LogP contribution in [0.2, 0.25) is 0 Å². The molecule has 0 aliphatic heterocycles. The van der Waals surface area contributed by atoms with E-state index in [4.69, 9.17) is 9.47 Å². The van der Waals surface area contributed by atoms with Crippen LogP contribution in [0.4, 0.5) is 0 Å². The molecule has 0 bridgehead atoms. The monoisotopic (exact) mass is 809 g/mol. The largest absolute Gasteiger partial charge is 0.462 e. The highest BCUT2D eigenvalue weighted by atomic mass is 16.6. The third kappa shape index (κ3) is 46.0. The second-order valence-electron chi connectivity index (χ2n) is 16.2. The molecule has 0 heterocycles. The van der Waals surface area contributed by atoms with E-state index in [1.807, 2.05) is 0 Å². The summed E-state index contributed by atoms with van der Waals surface area (Å²) in [4.78, 5) is 24.4. The first kappa shape index (κ1) is 55.3. The van der Waals surface area contributed by atoms with E-state index in [9.17, 15) is 14.7 Å². The summed E-state index contributed by atoms with van der Waals surface area (Å²) in [5.41, 5.74) is 0. The molecule has 0 saturated heterocycles. The Bertz CT molecular complexity index is 1050. The maximum absolute atomic E-state index is 12.3. The topological polar surface area (TPSA) is 72.8 Å². The fourth-order valence-corrected chi connectivity index (χ4v) is 6.81. The Hall–Kier alpha value is -2.66. The van der Waals surface area contributed by atoms with Gasteiger partial charge in [-0.3, -0.25) is 9.59 Å². The Morgan fingerprint density at radius 3 is 1.12 bits per heavy atom. The van der Waals surface area contributed by atoms with Crippen LogP contribution in [-0.2, 0) is 19.1 Å². The van der Waals surface area contributed by atoms with E-state index < -0.39 is 6.10 Å². The molecule has 1 unspecified atom stereocenters. The molecule has 0 fully saturated rings. The van der Waals surface area contributed by atoms with Gasteiger partial charge in [0.25, 0.3) is 0 Å². The maximum atomic E-state index is 12.3. The van der Waals surface area contributed by atoms with Crippen molar-refractivity contribution in [2.24, 2.45) is 0 Å². The van der Waals surface area contributed by atoms with Gasteiger partial charge in [0.2, 0.25) is 0 Å². The number of aliphatic hydroxyl groups is 1. The summed E-state index contributed by atoms with van der Waals surface area (Å²) in [5, 5.41) is 9.62. The van der Waals surface area contributed by atoms with E-state index in [0.29, 0.717) is 12.8 Å². The fraction of sp³-hybridized carbons (Fsp3) is 0.736. The smallest absolute Gasteiger partial charge is 0.306 e. The highest BCUT2D eigenvalue weighted by Gasteiger charge is 2.16. The molecule has 0 aromatic rings. The summed E-state index contributed by atoms with van der Waals surface area (Å²) in [6.07, 6.45) is 65.5.